The molecular weight excluding hydrogens is 354 g/mol. The Morgan fingerprint density at radius 1 is 1.04 bits per heavy atom. The van der Waals surface area contributed by atoms with Crippen molar-refractivity contribution in [3.05, 3.63) is 58.1 Å². The molecule has 0 saturated carbocycles. The molecule has 0 heterocycles. The Labute approximate surface area is 164 Å². The molecule has 7 heteroatoms. The van der Waals surface area contributed by atoms with E-state index in [2.05, 4.69) is 22.2 Å². The van der Waals surface area contributed by atoms with E-state index in [-0.39, 0.29) is 5.56 Å². The van der Waals surface area contributed by atoms with Crippen LogP contribution in [0.3, 0.4) is 0 Å². The summed E-state index contributed by atoms with van der Waals surface area (Å²) in [5.74, 6) is 0.848. The molecule has 0 spiro atoms. The number of ether oxygens (including phenoxy) is 1. The van der Waals surface area contributed by atoms with Crippen LogP contribution in [0, 0.1) is 43.4 Å². The normalized spacial score (nSPS) is 9.75. The maximum Gasteiger partial charge on any atom is 0.333 e. The first kappa shape index (κ1) is 20.6. The van der Waals surface area contributed by atoms with E-state index in [1.54, 1.807) is 13.0 Å². The molecule has 0 aliphatic rings. The van der Waals surface area contributed by atoms with Gasteiger partial charge in [-0.25, -0.2) is 4.79 Å². The van der Waals surface area contributed by atoms with Crippen molar-refractivity contribution in [3.8, 4) is 17.9 Å². The van der Waals surface area contributed by atoms with E-state index >= 15 is 0 Å². The van der Waals surface area contributed by atoms with Gasteiger partial charge in [-0.3, -0.25) is 10.9 Å². The summed E-state index contributed by atoms with van der Waals surface area (Å²) < 4.78 is 5.72. The van der Waals surface area contributed by atoms with Gasteiger partial charge in [0.25, 0.3) is 0 Å². The third-order valence-corrected chi connectivity index (χ3v) is 4.11. The summed E-state index contributed by atoms with van der Waals surface area (Å²) in [7, 11) is 0. The molecule has 0 atom stereocenters. The van der Waals surface area contributed by atoms with E-state index in [1.807, 2.05) is 38.1 Å². The number of benzene rings is 2. The van der Waals surface area contributed by atoms with E-state index in [4.69, 9.17) is 15.3 Å². The van der Waals surface area contributed by atoms with Gasteiger partial charge in [0, 0.05) is 6.54 Å². The van der Waals surface area contributed by atoms with Crippen molar-refractivity contribution >= 4 is 11.7 Å². The van der Waals surface area contributed by atoms with E-state index in [0.717, 1.165) is 16.9 Å². The molecule has 2 amide bonds. The number of carbonyl (C=O) groups is 1. The van der Waals surface area contributed by atoms with Gasteiger partial charge < -0.3 is 10.1 Å². The molecule has 144 valence electrons. The van der Waals surface area contributed by atoms with Gasteiger partial charge in [-0.1, -0.05) is 17.7 Å². The van der Waals surface area contributed by atoms with Crippen molar-refractivity contribution in [2.45, 2.75) is 27.2 Å². The number of aryl methyl sites for hydroxylation is 3. The van der Waals surface area contributed by atoms with Crippen LogP contribution < -0.4 is 20.9 Å². The lowest BCUT2D eigenvalue weighted by Crippen LogP contribution is -2.39. The number of nitrogens with one attached hydrogen (secondary N) is 3. The predicted octanol–water partition coefficient (Wildman–Crippen LogP) is 3.45. The fourth-order valence-electron chi connectivity index (χ4n) is 2.61. The molecular formula is C21H23N5O2. The van der Waals surface area contributed by atoms with Gasteiger partial charge in [0.05, 0.1) is 23.4 Å². The molecule has 0 aliphatic heterocycles. The van der Waals surface area contributed by atoms with Gasteiger partial charge in [0.1, 0.15) is 17.9 Å². The number of hydrogen-bond acceptors (Lipinski definition) is 5. The van der Waals surface area contributed by atoms with Crippen LogP contribution in [0.5, 0.6) is 5.75 Å². The molecule has 2 aromatic rings. The number of hydrazine groups is 1. The molecule has 2 rings (SSSR count). The Hall–Kier alpha value is -3.71. The van der Waals surface area contributed by atoms with E-state index < -0.39 is 6.03 Å². The minimum absolute atomic E-state index is 0.251. The largest absolute Gasteiger partial charge is 0.493 e. The van der Waals surface area contributed by atoms with Gasteiger partial charge >= 0.3 is 6.03 Å². The van der Waals surface area contributed by atoms with E-state index in [0.29, 0.717) is 30.8 Å². The van der Waals surface area contributed by atoms with E-state index in [1.165, 1.54) is 11.6 Å². The molecule has 0 aromatic heterocycles. The molecule has 28 heavy (non-hydrogen) atoms. The van der Waals surface area contributed by atoms with Crippen LogP contribution in [0.2, 0.25) is 0 Å². The van der Waals surface area contributed by atoms with Crippen molar-refractivity contribution in [3.63, 3.8) is 0 Å². The summed E-state index contributed by atoms with van der Waals surface area (Å²) in [5, 5.41) is 20.8. The Kier molecular flexibility index (Phi) is 7.24. The van der Waals surface area contributed by atoms with Crippen molar-refractivity contribution in [1.82, 2.24) is 10.7 Å². The molecule has 2 aromatic carbocycles. The van der Waals surface area contributed by atoms with Crippen LogP contribution in [-0.2, 0) is 0 Å². The summed E-state index contributed by atoms with van der Waals surface area (Å²) >= 11 is 0. The molecule has 0 unspecified atom stereocenters. The highest BCUT2D eigenvalue weighted by atomic mass is 16.5. The number of anilines is 1. The maximum absolute atomic E-state index is 11.9. The van der Waals surface area contributed by atoms with Crippen molar-refractivity contribution < 1.29 is 9.53 Å². The highest BCUT2D eigenvalue weighted by Gasteiger charge is 2.08. The van der Waals surface area contributed by atoms with Gasteiger partial charge in [-0.05, 0) is 56.5 Å². The summed E-state index contributed by atoms with van der Waals surface area (Å²) in [6.07, 6.45) is 0.662. The smallest absolute Gasteiger partial charge is 0.333 e. The summed E-state index contributed by atoms with van der Waals surface area (Å²) in [4.78, 5) is 11.9. The second-order valence-electron chi connectivity index (χ2n) is 6.41. The lowest BCUT2D eigenvalue weighted by molar-refractivity contribution is 0.241. The van der Waals surface area contributed by atoms with Crippen LogP contribution in [0.4, 0.5) is 10.5 Å². The van der Waals surface area contributed by atoms with Crippen molar-refractivity contribution in [2.24, 2.45) is 0 Å². The number of nitrogens with zero attached hydrogens (tertiary/aromatic N) is 2. The zero-order chi connectivity index (χ0) is 20.5. The summed E-state index contributed by atoms with van der Waals surface area (Å²) in [5.41, 5.74) is 9.42. The number of urea groups is 1. The molecule has 0 radical (unpaired) electrons. The van der Waals surface area contributed by atoms with Crippen molar-refractivity contribution in [2.75, 3.05) is 18.6 Å². The second-order valence-corrected chi connectivity index (χ2v) is 6.41. The number of rotatable bonds is 7. The van der Waals surface area contributed by atoms with E-state index in [9.17, 15) is 4.79 Å². The summed E-state index contributed by atoms with van der Waals surface area (Å²) in [6, 6.07) is 12.7. The lowest BCUT2D eigenvalue weighted by atomic mass is 10.0. The second kappa shape index (κ2) is 9.84. The maximum atomic E-state index is 11.9. The third kappa shape index (κ3) is 5.65. The zero-order valence-corrected chi connectivity index (χ0v) is 16.2. The van der Waals surface area contributed by atoms with Crippen LogP contribution in [0.1, 0.15) is 34.2 Å². The molecule has 0 fully saturated rings. The topological polar surface area (TPSA) is 110 Å². The van der Waals surface area contributed by atoms with Gasteiger partial charge in [-0.2, -0.15) is 10.5 Å². The SMILES string of the molecule is Cc1ccc(OCCCNC(=O)NNc2cc(C#N)c(C#N)cc2C)c(C)c1. The first-order valence-corrected chi connectivity index (χ1v) is 8.89. The van der Waals surface area contributed by atoms with Gasteiger partial charge in [0.2, 0.25) is 0 Å². The number of amides is 2. The standard InChI is InChI=1S/C21H23N5O2/c1-14-5-6-20(16(3)9-14)28-8-4-7-24-21(27)26-25-19-11-18(13-23)17(12-22)10-15(19)2/h5-6,9-11,25H,4,7-8H2,1-3H3,(H2,24,26,27). The average molecular weight is 377 g/mol. The Bertz CT molecular complexity index is 941. The zero-order valence-electron chi connectivity index (χ0n) is 16.2. The highest BCUT2D eigenvalue weighted by Crippen LogP contribution is 2.20. The van der Waals surface area contributed by atoms with Crippen LogP contribution in [-0.4, -0.2) is 19.2 Å². The minimum Gasteiger partial charge on any atom is -0.493 e. The number of nitriles is 2. The highest BCUT2D eigenvalue weighted by molar-refractivity contribution is 5.76. The van der Waals surface area contributed by atoms with Gasteiger partial charge in [0.15, 0.2) is 0 Å². The Morgan fingerprint density at radius 3 is 2.43 bits per heavy atom. The fourth-order valence-corrected chi connectivity index (χ4v) is 2.61. The Balaban J connectivity index is 1.73. The monoisotopic (exact) mass is 377 g/mol. The first-order chi connectivity index (χ1) is 13.4. The molecule has 3 N–H and O–H groups in total. The molecule has 0 aliphatic carbocycles. The average Bonchev–Trinajstić information content (AvgIpc) is 2.67. The first-order valence-electron chi connectivity index (χ1n) is 8.89. The molecule has 0 saturated heterocycles. The van der Waals surface area contributed by atoms with Gasteiger partial charge in [-0.15, -0.1) is 0 Å². The minimum atomic E-state index is -0.395. The predicted molar refractivity (Wildman–Crippen MR) is 107 cm³/mol. The fraction of sp³-hybridized carbons (Fsp3) is 0.286. The van der Waals surface area contributed by atoms with Crippen LogP contribution in [0.15, 0.2) is 30.3 Å². The Morgan fingerprint density at radius 2 is 1.75 bits per heavy atom. The van der Waals surface area contributed by atoms with Crippen LogP contribution >= 0.6 is 0 Å². The van der Waals surface area contributed by atoms with Crippen LogP contribution in [0.25, 0.3) is 0 Å². The molecule has 7 nitrogen and oxygen atoms in total. The summed E-state index contributed by atoms with van der Waals surface area (Å²) in [6.45, 7) is 6.77. The molecule has 0 bridgehead atoms. The third-order valence-electron chi connectivity index (χ3n) is 4.11. The lowest BCUT2D eigenvalue weighted by Gasteiger charge is -2.13. The quantitative estimate of drug-likeness (QED) is 0.506. The van der Waals surface area contributed by atoms with Crippen molar-refractivity contribution in [1.29, 1.82) is 10.5 Å². The number of hydrogen-bond donors (Lipinski definition) is 3. The number of carbonyl (C=O) groups excluding carboxylic acids is 1.